The molecule has 18 heavy (non-hydrogen) atoms. The quantitative estimate of drug-likeness (QED) is 0.754. The van der Waals surface area contributed by atoms with E-state index in [0.29, 0.717) is 13.0 Å². The van der Waals surface area contributed by atoms with Crippen molar-refractivity contribution in [3.05, 3.63) is 0 Å². The van der Waals surface area contributed by atoms with Crippen LogP contribution in [0.15, 0.2) is 0 Å². The normalized spacial score (nSPS) is 30.0. The van der Waals surface area contributed by atoms with Crippen LogP contribution in [0.25, 0.3) is 0 Å². The lowest BCUT2D eigenvalue weighted by Crippen LogP contribution is -2.49. The first-order valence-corrected chi connectivity index (χ1v) is 7.30. The van der Waals surface area contributed by atoms with Gasteiger partial charge in [0, 0.05) is 19.0 Å². The molecule has 0 aromatic heterocycles. The van der Waals surface area contributed by atoms with Crippen molar-refractivity contribution in [1.29, 1.82) is 0 Å². The highest BCUT2D eigenvalue weighted by Crippen LogP contribution is 2.50. The molecule has 2 rings (SSSR count). The second-order valence-corrected chi connectivity index (χ2v) is 6.22. The summed E-state index contributed by atoms with van der Waals surface area (Å²) in [6.45, 7) is 2.55. The summed E-state index contributed by atoms with van der Waals surface area (Å²) in [6, 6.07) is 0.226. The van der Waals surface area contributed by atoms with Crippen LogP contribution in [-0.2, 0) is 9.59 Å². The summed E-state index contributed by atoms with van der Waals surface area (Å²) in [6.07, 6.45) is 4.45. The Hall–Kier alpha value is -0.710. The van der Waals surface area contributed by atoms with Crippen LogP contribution >= 0.6 is 12.6 Å². The van der Waals surface area contributed by atoms with Gasteiger partial charge in [0.05, 0.1) is 5.92 Å². The molecule has 2 aliphatic rings. The molecule has 4 nitrogen and oxygen atoms in total. The summed E-state index contributed by atoms with van der Waals surface area (Å²) >= 11 is 4.33. The lowest BCUT2D eigenvalue weighted by molar-refractivity contribution is -0.138. The number of hydrogen-bond donors (Lipinski definition) is 2. The van der Waals surface area contributed by atoms with E-state index in [0.717, 1.165) is 31.4 Å². The molecule has 1 heterocycles. The van der Waals surface area contributed by atoms with E-state index < -0.39 is 0 Å². The third-order valence-electron chi connectivity index (χ3n) is 4.42. The SMILES string of the molecule is CC1CCC(C(N)=O)CN1C(=O)CC1(CS)CC1. The van der Waals surface area contributed by atoms with Gasteiger partial charge in [0.15, 0.2) is 0 Å². The van der Waals surface area contributed by atoms with Crippen molar-refractivity contribution in [1.82, 2.24) is 4.90 Å². The topological polar surface area (TPSA) is 63.4 Å². The number of nitrogens with zero attached hydrogens (tertiary/aromatic N) is 1. The van der Waals surface area contributed by atoms with E-state index in [4.69, 9.17) is 5.73 Å². The molecule has 0 radical (unpaired) electrons. The number of primary amides is 1. The number of amides is 2. The molecular weight excluding hydrogens is 248 g/mol. The van der Waals surface area contributed by atoms with Crippen molar-refractivity contribution in [2.45, 2.75) is 45.1 Å². The van der Waals surface area contributed by atoms with Gasteiger partial charge in [-0.05, 0) is 43.8 Å². The van der Waals surface area contributed by atoms with Gasteiger partial charge in [0.25, 0.3) is 0 Å². The summed E-state index contributed by atoms with van der Waals surface area (Å²) in [5, 5.41) is 0. The molecule has 2 atom stereocenters. The molecule has 5 heteroatoms. The summed E-state index contributed by atoms with van der Waals surface area (Å²) in [7, 11) is 0. The highest BCUT2D eigenvalue weighted by atomic mass is 32.1. The van der Waals surface area contributed by atoms with Crippen LogP contribution in [0.2, 0.25) is 0 Å². The predicted molar refractivity (Wildman–Crippen MR) is 73.2 cm³/mol. The smallest absolute Gasteiger partial charge is 0.223 e. The molecule has 0 aromatic carbocycles. The van der Waals surface area contributed by atoms with Gasteiger partial charge in [0.1, 0.15) is 0 Å². The zero-order valence-corrected chi connectivity index (χ0v) is 11.8. The minimum Gasteiger partial charge on any atom is -0.369 e. The standard InChI is InChI=1S/C13H22N2O2S/c1-9-2-3-10(12(14)17)7-15(9)11(16)6-13(8-18)4-5-13/h9-10,18H,2-8H2,1H3,(H2,14,17). The molecular formula is C13H22N2O2S. The number of rotatable bonds is 4. The fraction of sp³-hybridized carbons (Fsp3) is 0.846. The third kappa shape index (κ3) is 2.82. The average Bonchev–Trinajstić information content (AvgIpc) is 3.09. The Morgan fingerprint density at radius 1 is 1.39 bits per heavy atom. The summed E-state index contributed by atoms with van der Waals surface area (Å²) in [5.74, 6) is 0.492. The minimum absolute atomic E-state index is 0.138. The van der Waals surface area contributed by atoms with Crippen molar-refractivity contribution in [3.63, 3.8) is 0 Å². The molecule has 1 saturated carbocycles. The van der Waals surface area contributed by atoms with Crippen molar-refractivity contribution in [2.24, 2.45) is 17.1 Å². The van der Waals surface area contributed by atoms with Gasteiger partial charge in [0.2, 0.25) is 11.8 Å². The van der Waals surface area contributed by atoms with Gasteiger partial charge in [-0.15, -0.1) is 0 Å². The van der Waals surface area contributed by atoms with Crippen molar-refractivity contribution in [3.8, 4) is 0 Å². The first kappa shape index (κ1) is 13.7. The van der Waals surface area contributed by atoms with Crippen molar-refractivity contribution < 1.29 is 9.59 Å². The van der Waals surface area contributed by atoms with E-state index in [9.17, 15) is 9.59 Å². The molecule has 2 amide bonds. The largest absolute Gasteiger partial charge is 0.369 e. The molecule has 2 N–H and O–H groups in total. The van der Waals surface area contributed by atoms with E-state index in [2.05, 4.69) is 19.6 Å². The predicted octanol–water partition coefficient (Wildman–Crippen LogP) is 1.20. The highest BCUT2D eigenvalue weighted by Gasteiger charge is 2.44. The van der Waals surface area contributed by atoms with Gasteiger partial charge in [-0.3, -0.25) is 9.59 Å². The van der Waals surface area contributed by atoms with Crippen molar-refractivity contribution >= 4 is 24.4 Å². The van der Waals surface area contributed by atoms with Gasteiger partial charge >= 0.3 is 0 Å². The molecule has 0 aromatic rings. The Bertz CT molecular complexity index is 355. The lowest BCUT2D eigenvalue weighted by Gasteiger charge is -2.37. The monoisotopic (exact) mass is 270 g/mol. The number of carbonyl (C=O) groups is 2. The molecule has 2 fully saturated rings. The Labute approximate surface area is 114 Å². The zero-order chi connectivity index (χ0) is 13.3. The molecule has 0 spiro atoms. The highest BCUT2D eigenvalue weighted by molar-refractivity contribution is 7.80. The fourth-order valence-electron chi connectivity index (χ4n) is 2.68. The first-order chi connectivity index (χ1) is 8.47. The van der Waals surface area contributed by atoms with Gasteiger partial charge < -0.3 is 10.6 Å². The first-order valence-electron chi connectivity index (χ1n) is 6.67. The molecule has 0 bridgehead atoms. The van der Waals surface area contributed by atoms with E-state index >= 15 is 0 Å². The number of thiol groups is 1. The summed E-state index contributed by atoms with van der Waals surface area (Å²) < 4.78 is 0. The van der Waals surface area contributed by atoms with Crippen LogP contribution in [0.4, 0.5) is 0 Å². The van der Waals surface area contributed by atoms with Gasteiger partial charge in [-0.25, -0.2) is 0 Å². The van der Waals surface area contributed by atoms with Crippen LogP contribution < -0.4 is 5.73 Å². The molecule has 2 unspecified atom stereocenters. The number of likely N-dealkylation sites (tertiary alicyclic amines) is 1. The number of hydrogen-bond acceptors (Lipinski definition) is 3. The van der Waals surface area contributed by atoms with Crippen LogP contribution in [0.1, 0.15) is 39.0 Å². The average molecular weight is 270 g/mol. The van der Waals surface area contributed by atoms with Gasteiger partial charge in [-0.1, -0.05) is 0 Å². The molecule has 1 saturated heterocycles. The number of nitrogens with two attached hydrogens (primary N) is 1. The van der Waals surface area contributed by atoms with E-state index in [1.807, 2.05) is 4.90 Å². The maximum absolute atomic E-state index is 12.3. The van der Waals surface area contributed by atoms with E-state index in [1.165, 1.54) is 0 Å². The van der Waals surface area contributed by atoms with Crippen LogP contribution in [0, 0.1) is 11.3 Å². The van der Waals surface area contributed by atoms with Crippen LogP contribution in [0.3, 0.4) is 0 Å². The Kier molecular flexibility index (Phi) is 3.90. The Morgan fingerprint density at radius 3 is 2.56 bits per heavy atom. The minimum atomic E-state index is -0.282. The summed E-state index contributed by atoms with van der Waals surface area (Å²) in [5.41, 5.74) is 5.49. The van der Waals surface area contributed by atoms with Crippen LogP contribution in [0.5, 0.6) is 0 Å². The molecule has 102 valence electrons. The van der Waals surface area contributed by atoms with Crippen molar-refractivity contribution in [2.75, 3.05) is 12.3 Å². The van der Waals surface area contributed by atoms with E-state index in [1.54, 1.807) is 0 Å². The third-order valence-corrected chi connectivity index (χ3v) is 5.09. The van der Waals surface area contributed by atoms with Gasteiger partial charge in [-0.2, -0.15) is 12.6 Å². The van der Waals surface area contributed by atoms with Crippen LogP contribution in [-0.4, -0.2) is 35.1 Å². The second-order valence-electron chi connectivity index (χ2n) is 5.91. The number of carbonyl (C=O) groups excluding carboxylic acids is 2. The molecule has 1 aliphatic carbocycles. The van der Waals surface area contributed by atoms with E-state index in [-0.39, 0.29) is 29.2 Å². The maximum atomic E-state index is 12.3. The summed E-state index contributed by atoms with van der Waals surface area (Å²) in [4.78, 5) is 25.4. The maximum Gasteiger partial charge on any atom is 0.223 e. The number of piperidine rings is 1. The fourth-order valence-corrected chi connectivity index (χ4v) is 3.10. The zero-order valence-electron chi connectivity index (χ0n) is 10.9. The Balaban J connectivity index is 1.97. The Morgan fingerprint density at radius 2 is 2.06 bits per heavy atom. The lowest BCUT2D eigenvalue weighted by atomic mass is 9.92. The second kappa shape index (κ2) is 5.11. The molecule has 1 aliphatic heterocycles.